The number of fused-ring (bicyclic) bond motifs is 1. The lowest BCUT2D eigenvalue weighted by molar-refractivity contribution is 0.285. The second kappa shape index (κ2) is 8.40. The van der Waals surface area contributed by atoms with Crippen LogP contribution in [0.3, 0.4) is 0 Å². The van der Waals surface area contributed by atoms with Gasteiger partial charge in [-0.2, -0.15) is 0 Å². The lowest BCUT2D eigenvalue weighted by Gasteiger charge is -2.20. The Morgan fingerprint density at radius 3 is 2.30 bits per heavy atom. The maximum atomic E-state index is 3.56. The van der Waals surface area contributed by atoms with E-state index in [1.54, 1.807) is 11.1 Å². The van der Waals surface area contributed by atoms with Gasteiger partial charge in [-0.3, -0.25) is 0 Å². The molecule has 1 aromatic rings. The summed E-state index contributed by atoms with van der Waals surface area (Å²) >= 11 is 0. The third-order valence-corrected chi connectivity index (χ3v) is 4.08. The summed E-state index contributed by atoms with van der Waals surface area (Å²) in [5.74, 6) is 0. The van der Waals surface area contributed by atoms with Crippen LogP contribution in [0.5, 0.6) is 0 Å². The molecule has 0 radical (unpaired) electrons. The fourth-order valence-corrected chi connectivity index (χ4v) is 2.82. The van der Waals surface area contributed by atoms with Gasteiger partial charge in [0.05, 0.1) is 0 Å². The Balaban J connectivity index is 1.61. The molecule has 1 heterocycles. The first-order chi connectivity index (χ1) is 9.75. The number of nitrogens with one attached hydrogen (secondary N) is 1. The highest BCUT2D eigenvalue weighted by Crippen LogP contribution is 2.14. The Bertz CT molecular complexity index is 363. The molecule has 0 aliphatic carbocycles. The van der Waals surface area contributed by atoms with Gasteiger partial charge in [0.15, 0.2) is 0 Å². The van der Waals surface area contributed by atoms with Crippen LogP contribution in [0.25, 0.3) is 0 Å². The zero-order valence-corrected chi connectivity index (χ0v) is 13.1. The van der Waals surface area contributed by atoms with Crippen LogP contribution >= 0.6 is 0 Å². The number of rotatable bonds is 7. The minimum Gasteiger partial charge on any atom is -0.315 e. The number of benzene rings is 1. The van der Waals surface area contributed by atoms with Crippen molar-refractivity contribution in [2.75, 3.05) is 53.4 Å². The van der Waals surface area contributed by atoms with Gasteiger partial charge >= 0.3 is 0 Å². The van der Waals surface area contributed by atoms with Gasteiger partial charge in [-0.15, -0.1) is 0 Å². The third kappa shape index (κ3) is 5.23. The molecular weight excluding hydrogens is 246 g/mol. The SMILES string of the molecule is CN(C)CCCNCCN1CCc2ccccc2CC1. The van der Waals surface area contributed by atoms with E-state index >= 15 is 0 Å². The van der Waals surface area contributed by atoms with Crippen molar-refractivity contribution in [2.24, 2.45) is 0 Å². The van der Waals surface area contributed by atoms with Crippen LogP contribution in [0.15, 0.2) is 24.3 Å². The lowest BCUT2D eigenvalue weighted by atomic mass is 10.0. The maximum absolute atomic E-state index is 3.56. The molecule has 0 fully saturated rings. The molecule has 0 amide bonds. The van der Waals surface area contributed by atoms with E-state index in [0.717, 1.165) is 13.1 Å². The summed E-state index contributed by atoms with van der Waals surface area (Å²) in [5.41, 5.74) is 3.10. The van der Waals surface area contributed by atoms with E-state index in [1.807, 2.05) is 0 Å². The molecule has 20 heavy (non-hydrogen) atoms. The maximum Gasteiger partial charge on any atom is 0.0107 e. The highest BCUT2D eigenvalue weighted by Gasteiger charge is 2.12. The molecule has 0 bridgehead atoms. The zero-order chi connectivity index (χ0) is 14.2. The van der Waals surface area contributed by atoms with Crippen LogP contribution in [0.2, 0.25) is 0 Å². The molecule has 3 nitrogen and oxygen atoms in total. The van der Waals surface area contributed by atoms with E-state index in [0.29, 0.717) is 0 Å². The first-order valence-electron chi connectivity index (χ1n) is 7.90. The number of hydrogen-bond donors (Lipinski definition) is 1. The van der Waals surface area contributed by atoms with E-state index in [-0.39, 0.29) is 0 Å². The van der Waals surface area contributed by atoms with Crippen molar-refractivity contribution >= 4 is 0 Å². The van der Waals surface area contributed by atoms with Crippen molar-refractivity contribution in [1.82, 2.24) is 15.1 Å². The molecular formula is C17H29N3. The third-order valence-electron chi connectivity index (χ3n) is 4.08. The monoisotopic (exact) mass is 275 g/mol. The molecule has 112 valence electrons. The average molecular weight is 275 g/mol. The Kier molecular flexibility index (Phi) is 6.51. The van der Waals surface area contributed by atoms with E-state index in [4.69, 9.17) is 0 Å². The summed E-state index contributed by atoms with van der Waals surface area (Å²) in [4.78, 5) is 4.84. The van der Waals surface area contributed by atoms with Gasteiger partial charge in [0, 0.05) is 26.2 Å². The van der Waals surface area contributed by atoms with Crippen LogP contribution in [0, 0.1) is 0 Å². The van der Waals surface area contributed by atoms with Gasteiger partial charge in [-0.1, -0.05) is 24.3 Å². The summed E-state index contributed by atoms with van der Waals surface area (Å²) in [6.07, 6.45) is 3.64. The first kappa shape index (κ1) is 15.5. The van der Waals surface area contributed by atoms with Gasteiger partial charge in [0.2, 0.25) is 0 Å². The Morgan fingerprint density at radius 1 is 1.05 bits per heavy atom. The van der Waals surface area contributed by atoms with Crippen LogP contribution in [-0.4, -0.2) is 63.2 Å². The topological polar surface area (TPSA) is 18.5 Å². The van der Waals surface area contributed by atoms with Crippen LogP contribution in [0.4, 0.5) is 0 Å². The molecule has 1 aliphatic heterocycles. The van der Waals surface area contributed by atoms with Crippen LogP contribution < -0.4 is 5.32 Å². The van der Waals surface area contributed by atoms with Crippen molar-refractivity contribution in [1.29, 1.82) is 0 Å². The molecule has 0 unspecified atom stereocenters. The molecule has 1 aliphatic rings. The summed E-state index contributed by atoms with van der Waals surface area (Å²) in [5, 5.41) is 3.56. The summed E-state index contributed by atoms with van der Waals surface area (Å²) in [6.45, 7) is 7.00. The largest absolute Gasteiger partial charge is 0.315 e. The highest BCUT2D eigenvalue weighted by molar-refractivity contribution is 5.28. The molecule has 2 rings (SSSR count). The van der Waals surface area contributed by atoms with Gasteiger partial charge in [-0.25, -0.2) is 0 Å². The smallest absolute Gasteiger partial charge is 0.0107 e. The molecule has 0 spiro atoms. The molecule has 0 saturated heterocycles. The van der Waals surface area contributed by atoms with Crippen molar-refractivity contribution in [3.05, 3.63) is 35.4 Å². The summed E-state index contributed by atoms with van der Waals surface area (Å²) < 4.78 is 0. The summed E-state index contributed by atoms with van der Waals surface area (Å²) in [6, 6.07) is 8.91. The number of hydrogen-bond acceptors (Lipinski definition) is 3. The average Bonchev–Trinajstić information content (AvgIpc) is 2.65. The lowest BCUT2D eigenvalue weighted by Crippen LogP contribution is -2.34. The predicted octanol–water partition coefficient (Wildman–Crippen LogP) is 1.63. The van der Waals surface area contributed by atoms with E-state index in [1.165, 1.54) is 45.4 Å². The molecule has 3 heteroatoms. The highest BCUT2D eigenvalue weighted by atomic mass is 15.1. The Labute approximate surface area is 124 Å². The Morgan fingerprint density at radius 2 is 1.70 bits per heavy atom. The first-order valence-corrected chi connectivity index (χ1v) is 7.90. The second-order valence-electron chi connectivity index (χ2n) is 6.02. The van der Waals surface area contributed by atoms with Gasteiger partial charge in [0.25, 0.3) is 0 Å². The van der Waals surface area contributed by atoms with Gasteiger partial charge < -0.3 is 15.1 Å². The minimum absolute atomic E-state index is 1.11. The fraction of sp³-hybridized carbons (Fsp3) is 0.647. The standard InChI is InChI=1S/C17H29N3/c1-19(2)12-5-10-18-11-15-20-13-8-16-6-3-4-7-17(16)9-14-20/h3-4,6-7,18H,5,8-15H2,1-2H3. The minimum atomic E-state index is 1.11. The normalized spacial score (nSPS) is 16.1. The van der Waals surface area contributed by atoms with E-state index < -0.39 is 0 Å². The predicted molar refractivity (Wildman–Crippen MR) is 86.3 cm³/mol. The van der Waals surface area contributed by atoms with Crippen molar-refractivity contribution in [2.45, 2.75) is 19.3 Å². The fourth-order valence-electron chi connectivity index (χ4n) is 2.82. The summed E-state index contributed by atoms with van der Waals surface area (Å²) in [7, 11) is 4.27. The van der Waals surface area contributed by atoms with Crippen LogP contribution in [-0.2, 0) is 12.8 Å². The Hall–Kier alpha value is -0.900. The molecule has 1 aromatic carbocycles. The second-order valence-corrected chi connectivity index (χ2v) is 6.02. The van der Waals surface area contributed by atoms with E-state index in [2.05, 4.69) is 53.5 Å². The van der Waals surface area contributed by atoms with Crippen molar-refractivity contribution in [3.63, 3.8) is 0 Å². The number of nitrogens with zero attached hydrogens (tertiary/aromatic N) is 2. The zero-order valence-electron chi connectivity index (χ0n) is 13.1. The quantitative estimate of drug-likeness (QED) is 0.763. The van der Waals surface area contributed by atoms with Crippen molar-refractivity contribution < 1.29 is 0 Å². The molecule has 0 atom stereocenters. The van der Waals surface area contributed by atoms with Gasteiger partial charge in [0.1, 0.15) is 0 Å². The molecule has 0 saturated carbocycles. The van der Waals surface area contributed by atoms with Gasteiger partial charge in [-0.05, 0) is 57.6 Å². The molecule has 1 N–H and O–H groups in total. The van der Waals surface area contributed by atoms with E-state index in [9.17, 15) is 0 Å². The van der Waals surface area contributed by atoms with Crippen molar-refractivity contribution in [3.8, 4) is 0 Å². The molecule has 0 aromatic heterocycles. The van der Waals surface area contributed by atoms with Crippen LogP contribution in [0.1, 0.15) is 17.5 Å².